The lowest BCUT2D eigenvalue weighted by atomic mass is 9.89. The zero-order valence-corrected chi connectivity index (χ0v) is 8.53. The van der Waals surface area contributed by atoms with Gasteiger partial charge in [-0.1, -0.05) is 24.3 Å². The number of hydrogen-bond acceptors (Lipinski definition) is 3. The van der Waals surface area contributed by atoms with Crippen molar-refractivity contribution in [3.05, 3.63) is 41.2 Å². The summed E-state index contributed by atoms with van der Waals surface area (Å²) in [6.07, 6.45) is 0. The highest BCUT2D eigenvalue weighted by molar-refractivity contribution is 6.51. The van der Waals surface area contributed by atoms with Gasteiger partial charge in [-0.15, -0.1) is 0 Å². The van der Waals surface area contributed by atoms with Gasteiger partial charge in [0, 0.05) is 11.1 Å². The fourth-order valence-corrected chi connectivity index (χ4v) is 1.77. The average molecular weight is 202 g/mol. The van der Waals surface area contributed by atoms with Crippen LogP contribution in [0.1, 0.15) is 22.8 Å². The molecule has 3 nitrogen and oxygen atoms in total. The molecule has 1 aromatic rings. The molecule has 0 N–H and O–H groups in total. The number of ketones is 2. The van der Waals surface area contributed by atoms with Crippen molar-refractivity contribution >= 4 is 17.1 Å². The SMILES string of the molecule is COC1=C(C)c2ccccc2C(=O)C1=O. The molecular weight excluding hydrogens is 192 g/mol. The Morgan fingerprint density at radius 1 is 1.00 bits per heavy atom. The second kappa shape index (κ2) is 3.35. The van der Waals surface area contributed by atoms with Gasteiger partial charge in [-0.25, -0.2) is 0 Å². The van der Waals surface area contributed by atoms with Crippen LogP contribution < -0.4 is 0 Å². The van der Waals surface area contributed by atoms with E-state index >= 15 is 0 Å². The molecule has 0 spiro atoms. The third kappa shape index (κ3) is 1.28. The van der Waals surface area contributed by atoms with Crippen LogP contribution in [0.3, 0.4) is 0 Å². The number of fused-ring (bicyclic) bond motifs is 1. The molecule has 0 aromatic heterocycles. The molecule has 0 saturated heterocycles. The molecule has 0 saturated carbocycles. The van der Waals surface area contributed by atoms with Gasteiger partial charge in [0.05, 0.1) is 7.11 Å². The number of carbonyl (C=O) groups is 2. The average Bonchev–Trinajstić information content (AvgIpc) is 2.27. The molecule has 1 aromatic carbocycles. The van der Waals surface area contributed by atoms with E-state index in [1.807, 2.05) is 12.1 Å². The van der Waals surface area contributed by atoms with E-state index in [1.54, 1.807) is 19.1 Å². The van der Waals surface area contributed by atoms with E-state index in [4.69, 9.17) is 4.74 Å². The maximum Gasteiger partial charge on any atom is 0.268 e. The first kappa shape index (κ1) is 9.65. The summed E-state index contributed by atoms with van der Waals surface area (Å²) in [4.78, 5) is 23.3. The summed E-state index contributed by atoms with van der Waals surface area (Å²) in [5.41, 5.74) is 1.96. The molecule has 76 valence electrons. The van der Waals surface area contributed by atoms with Crippen LogP contribution in [0.15, 0.2) is 30.0 Å². The minimum Gasteiger partial charge on any atom is -0.492 e. The topological polar surface area (TPSA) is 43.4 Å². The van der Waals surface area contributed by atoms with Gasteiger partial charge < -0.3 is 4.74 Å². The van der Waals surface area contributed by atoms with Crippen molar-refractivity contribution in [3.63, 3.8) is 0 Å². The summed E-state index contributed by atoms with van der Waals surface area (Å²) < 4.78 is 4.95. The first-order chi connectivity index (χ1) is 7.16. The summed E-state index contributed by atoms with van der Waals surface area (Å²) in [7, 11) is 1.40. The van der Waals surface area contributed by atoms with Gasteiger partial charge in [-0.3, -0.25) is 9.59 Å². The quantitative estimate of drug-likeness (QED) is 0.652. The standard InChI is InChI=1S/C12H10O3/c1-7-8-5-3-4-6-9(8)10(13)11(14)12(7)15-2/h3-6H,1-2H3. The predicted molar refractivity (Wildman–Crippen MR) is 55.4 cm³/mol. The zero-order valence-electron chi connectivity index (χ0n) is 8.53. The van der Waals surface area contributed by atoms with Crippen LogP contribution >= 0.6 is 0 Å². The predicted octanol–water partition coefficient (Wildman–Crippen LogP) is 1.83. The Morgan fingerprint density at radius 2 is 1.60 bits per heavy atom. The fraction of sp³-hybridized carbons (Fsp3) is 0.167. The van der Waals surface area contributed by atoms with E-state index in [2.05, 4.69) is 0 Å². The van der Waals surface area contributed by atoms with Crippen molar-refractivity contribution in [2.24, 2.45) is 0 Å². The van der Waals surface area contributed by atoms with Crippen LogP contribution in [-0.2, 0) is 9.53 Å². The number of methoxy groups -OCH3 is 1. The number of allylic oxidation sites excluding steroid dienone is 2. The molecule has 0 unspecified atom stereocenters. The van der Waals surface area contributed by atoms with Crippen molar-refractivity contribution in [3.8, 4) is 0 Å². The Balaban J connectivity index is 2.74. The summed E-state index contributed by atoms with van der Waals surface area (Å²) in [6, 6.07) is 7.05. The Kier molecular flexibility index (Phi) is 2.15. The largest absolute Gasteiger partial charge is 0.492 e. The van der Waals surface area contributed by atoms with Gasteiger partial charge in [0.2, 0.25) is 5.78 Å². The minimum atomic E-state index is -0.561. The van der Waals surface area contributed by atoms with E-state index in [-0.39, 0.29) is 5.76 Å². The maximum atomic E-state index is 11.7. The van der Waals surface area contributed by atoms with Crippen molar-refractivity contribution < 1.29 is 14.3 Å². The maximum absolute atomic E-state index is 11.7. The molecule has 0 bridgehead atoms. The lowest BCUT2D eigenvalue weighted by molar-refractivity contribution is -0.114. The van der Waals surface area contributed by atoms with Gasteiger partial charge in [-0.05, 0) is 12.5 Å². The second-order valence-corrected chi connectivity index (χ2v) is 3.36. The summed E-state index contributed by atoms with van der Waals surface area (Å²) in [6.45, 7) is 1.78. The molecule has 0 heterocycles. The van der Waals surface area contributed by atoms with Gasteiger partial charge in [0.25, 0.3) is 5.78 Å². The smallest absolute Gasteiger partial charge is 0.268 e. The molecule has 0 radical (unpaired) electrons. The third-order valence-corrected chi connectivity index (χ3v) is 2.53. The highest BCUT2D eigenvalue weighted by Crippen LogP contribution is 2.28. The molecule has 0 amide bonds. The van der Waals surface area contributed by atoms with E-state index in [0.717, 1.165) is 11.1 Å². The highest BCUT2D eigenvalue weighted by atomic mass is 16.5. The van der Waals surface area contributed by atoms with Crippen LogP contribution in [-0.4, -0.2) is 18.7 Å². The zero-order chi connectivity index (χ0) is 11.0. The second-order valence-electron chi connectivity index (χ2n) is 3.36. The van der Waals surface area contributed by atoms with Gasteiger partial charge >= 0.3 is 0 Å². The van der Waals surface area contributed by atoms with Crippen molar-refractivity contribution in [2.75, 3.05) is 7.11 Å². The number of carbonyl (C=O) groups excluding carboxylic acids is 2. The van der Waals surface area contributed by atoms with Gasteiger partial charge in [-0.2, -0.15) is 0 Å². The number of benzene rings is 1. The molecule has 15 heavy (non-hydrogen) atoms. The molecule has 2 rings (SSSR count). The Bertz CT molecular complexity index is 483. The van der Waals surface area contributed by atoms with Gasteiger partial charge in [0.1, 0.15) is 0 Å². The molecule has 0 aliphatic heterocycles. The van der Waals surface area contributed by atoms with E-state index < -0.39 is 11.6 Å². The number of ether oxygens (including phenoxy) is 1. The van der Waals surface area contributed by atoms with Crippen molar-refractivity contribution in [1.29, 1.82) is 0 Å². The molecule has 1 aliphatic carbocycles. The number of Topliss-reactive ketones (excluding diaryl/α,β-unsaturated/α-hetero) is 2. The molecule has 0 atom stereocenters. The molecular formula is C12H10O3. The van der Waals surface area contributed by atoms with Crippen LogP contribution in [0, 0.1) is 0 Å². The van der Waals surface area contributed by atoms with E-state index in [0.29, 0.717) is 5.56 Å². The first-order valence-electron chi connectivity index (χ1n) is 4.60. The van der Waals surface area contributed by atoms with Gasteiger partial charge in [0.15, 0.2) is 5.76 Å². The van der Waals surface area contributed by atoms with E-state index in [1.165, 1.54) is 7.11 Å². The van der Waals surface area contributed by atoms with Crippen molar-refractivity contribution in [2.45, 2.75) is 6.92 Å². The summed E-state index contributed by atoms with van der Waals surface area (Å²) >= 11 is 0. The third-order valence-electron chi connectivity index (χ3n) is 2.53. The minimum absolute atomic E-state index is 0.152. The van der Waals surface area contributed by atoms with Crippen molar-refractivity contribution in [1.82, 2.24) is 0 Å². The Morgan fingerprint density at radius 3 is 2.20 bits per heavy atom. The first-order valence-corrected chi connectivity index (χ1v) is 4.60. The van der Waals surface area contributed by atoms with Crippen LogP contribution in [0.2, 0.25) is 0 Å². The molecule has 1 aliphatic rings. The lowest BCUT2D eigenvalue weighted by Crippen LogP contribution is -2.24. The normalized spacial score (nSPS) is 15.3. The summed E-state index contributed by atoms with van der Waals surface area (Å²) in [5, 5.41) is 0. The monoisotopic (exact) mass is 202 g/mol. The van der Waals surface area contributed by atoms with Crippen LogP contribution in [0.4, 0.5) is 0 Å². The lowest BCUT2D eigenvalue weighted by Gasteiger charge is -2.17. The molecule has 3 heteroatoms. The van der Waals surface area contributed by atoms with E-state index in [9.17, 15) is 9.59 Å². The van der Waals surface area contributed by atoms with Crippen LogP contribution in [0.5, 0.6) is 0 Å². The van der Waals surface area contributed by atoms with Crippen LogP contribution in [0.25, 0.3) is 5.57 Å². The number of rotatable bonds is 1. The Hall–Kier alpha value is -1.90. The molecule has 0 fully saturated rings. The highest BCUT2D eigenvalue weighted by Gasteiger charge is 2.31. The Labute approximate surface area is 87.4 Å². The summed E-state index contributed by atoms with van der Waals surface area (Å²) in [5.74, 6) is -0.902. The fourth-order valence-electron chi connectivity index (χ4n) is 1.77. The number of hydrogen-bond donors (Lipinski definition) is 0.